The molecule has 0 bridgehead atoms. The first-order valence-corrected chi connectivity index (χ1v) is 5.68. The maximum atomic E-state index is 5.78. The van der Waals surface area contributed by atoms with Crippen LogP contribution in [0.4, 0.5) is 0 Å². The lowest BCUT2D eigenvalue weighted by atomic mass is 10.0. The fourth-order valence-corrected chi connectivity index (χ4v) is 1.91. The van der Waals surface area contributed by atoms with Crippen molar-refractivity contribution >= 4 is 0 Å². The van der Waals surface area contributed by atoms with Crippen molar-refractivity contribution in [3.8, 4) is 17.1 Å². The molecule has 0 unspecified atom stereocenters. The fourth-order valence-electron chi connectivity index (χ4n) is 1.91. The van der Waals surface area contributed by atoms with E-state index < -0.39 is 0 Å². The van der Waals surface area contributed by atoms with Gasteiger partial charge in [0.2, 0.25) is 5.89 Å². The molecule has 1 aliphatic heterocycles. The first kappa shape index (κ1) is 10.4. The molecule has 0 saturated carbocycles. The van der Waals surface area contributed by atoms with Gasteiger partial charge >= 0.3 is 0 Å². The van der Waals surface area contributed by atoms with Crippen LogP contribution in [0.3, 0.4) is 0 Å². The van der Waals surface area contributed by atoms with Gasteiger partial charge in [0, 0.05) is 13.1 Å². The Morgan fingerprint density at radius 3 is 2.88 bits per heavy atom. The summed E-state index contributed by atoms with van der Waals surface area (Å²) in [5.41, 5.74) is 0.945. The highest BCUT2D eigenvalue weighted by atomic mass is 16.5. The standard InChI is InChI=1S/C13H14N2O2/c1-16-11-5-3-2-4-10(11)12-8-15-13(17-12)9-6-14-7-9/h2-5,8-9,14H,6-7H2,1H3. The second-order valence-corrected chi connectivity index (χ2v) is 4.12. The highest BCUT2D eigenvalue weighted by molar-refractivity contribution is 5.65. The Labute approximate surface area is 99.6 Å². The van der Waals surface area contributed by atoms with Crippen LogP contribution in [0.1, 0.15) is 11.8 Å². The van der Waals surface area contributed by atoms with Crippen molar-refractivity contribution in [1.29, 1.82) is 0 Å². The van der Waals surface area contributed by atoms with Crippen LogP contribution in [-0.2, 0) is 0 Å². The fraction of sp³-hybridized carbons (Fsp3) is 0.308. The summed E-state index contributed by atoms with van der Waals surface area (Å²) < 4.78 is 11.1. The van der Waals surface area contributed by atoms with E-state index in [4.69, 9.17) is 9.15 Å². The maximum Gasteiger partial charge on any atom is 0.200 e. The van der Waals surface area contributed by atoms with Gasteiger partial charge in [0.1, 0.15) is 5.75 Å². The van der Waals surface area contributed by atoms with Gasteiger partial charge in [-0.2, -0.15) is 0 Å². The molecule has 88 valence electrons. The number of oxazole rings is 1. The van der Waals surface area contributed by atoms with Gasteiger partial charge in [-0.1, -0.05) is 12.1 Å². The lowest BCUT2D eigenvalue weighted by Gasteiger charge is -2.23. The van der Waals surface area contributed by atoms with Gasteiger partial charge in [0.15, 0.2) is 5.76 Å². The van der Waals surface area contributed by atoms with E-state index in [-0.39, 0.29) is 0 Å². The number of aromatic nitrogens is 1. The number of rotatable bonds is 3. The number of hydrogen-bond acceptors (Lipinski definition) is 4. The zero-order valence-corrected chi connectivity index (χ0v) is 9.64. The number of nitrogens with zero attached hydrogens (tertiary/aromatic N) is 1. The van der Waals surface area contributed by atoms with Crippen molar-refractivity contribution in [3.05, 3.63) is 36.4 Å². The van der Waals surface area contributed by atoms with Gasteiger partial charge in [-0.05, 0) is 12.1 Å². The number of hydrogen-bond donors (Lipinski definition) is 1. The molecule has 1 fully saturated rings. The highest BCUT2D eigenvalue weighted by Crippen LogP contribution is 2.31. The second-order valence-electron chi connectivity index (χ2n) is 4.12. The molecule has 0 radical (unpaired) electrons. The Morgan fingerprint density at radius 2 is 2.18 bits per heavy atom. The molecule has 1 aromatic carbocycles. The van der Waals surface area contributed by atoms with Gasteiger partial charge in [0.25, 0.3) is 0 Å². The Balaban J connectivity index is 1.94. The highest BCUT2D eigenvalue weighted by Gasteiger charge is 2.24. The minimum absolute atomic E-state index is 0.415. The summed E-state index contributed by atoms with van der Waals surface area (Å²) in [6, 6.07) is 7.80. The monoisotopic (exact) mass is 230 g/mol. The Kier molecular flexibility index (Phi) is 2.57. The van der Waals surface area contributed by atoms with Crippen LogP contribution in [0.2, 0.25) is 0 Å². The molecule has 1 aromatic heterocycles. The van der Waals surface area contributed by atoms with Crippen molar-refractivity contribution < 1.29 is 9.15 Å². The molecule has 0 atom stereocenters. The lowest BCUT2D eigenvalue weighted by Crippen LogP contribution is -2.40. The van der Waals surface area contributed by atoms with Crippen LogP contribution < -0.4 is 10.1 Å². The van der Waals surface area contributed by atoms with E-state index in [2.05, 4.69) is 10.3 Å². The summed E-state index contributed by atoms with van der Waals surface area (Å²) in [5.74, 6) is 2.80. The average Bonchev–Trinajstić information content (AvgIpc) is 2.76. The van der Waals surface area contributed by atoms with E-state index in [1.54, 1.807) is 13.3 Å². The molecular formula is C13H14N2O2. The molecule has 1 aliphatic rings. The van der Waals surface area contributed by atoms with Crippen molar-refractivity contribution in [3.63, 3.8) is 0 Å². The quantitative estimate of drug-likeness (QED) is 0.876. The van der Waals surface area contributed by atoms with Gasteiger partial charge in [-0.15, -0.1) is 0 Å². The maximum absolute atomic E-state index is 5.78. The van der Waals surface area contributed by atoms with Gasteiger partial charge in [-0.25, -0.2) is 4.98 Å². The van der Waals surface area contributed by atoms with Crippen molar-refractivity contribution in [2.24, 2.45) is 0 Å². The lowest BCUT2D eigenvalue weighted by molar-refractivity contribution is 0.360. The smallest absolute Gasteiger partial charge is 0.200 e. The van der Waals surface area contributed by atoms with Gasteiger partial charge < -0.3 is 14.5 Å². The largest absolute Gasteiger partial charge is 0.496 e. The third-order valence-electron chi connectivity index (χ3n) is 3.03. The number of methoxy groups -OCH3 is 1. The Hall–Kier alpha value is -1.81. The normalized spacial score (nSPS) is 15.6. The SMILES string of the molecule is COc1ccccc1-c1cnc(C2CNC2)o1. The average molecular weight is 230 g/mol. The predicted molar refractivity (Wildman–Crippen MR) is 64.1 cm³/mol. The molecule has 0 amide bonds. The Bertz CT molecular complexity index is 518. The Morgan fingerprint density at radius 1 is 1.35 bits per heavy atom. The topological polar surface area (TPSA) is 47.3 Å². The summed E-state index contributed by atoms with van der Waals surface area (Å²) in [4.78, 5) is 4.33. The van der Waals surface area contributed by atoms with E-state index in [0.29, 0.717) is 5.92 Å². The van der Waals surface area contributed by atoms with Crippen molar-refractivity contribution in [2.75, 3.05) is 20.2 Å². The molecule has 1 N–H and O–H groups in total. The molecule has 3 rings (SSSR count). The predicted octanol–water partition coefficient (Wildman–Crippen LogP) is 2.04. The zero-order valence-electron chi connectivity index (χ0n) is 9.64. The first-order chi connectivity index (χ1) is 8.38. The summed E-state index contributed by atoms with van der Waals surface area (Å²) in [6.45, 7) is 1.90. The van der Waals surface area contributed by atoms with E-state index in [1.165, 1.54) is 0 Å². The summed E-state index contributed by atoms with van der Waals surface area (Å²) in [5, 5.41) is 3.21. The van der Waals surface area contributed by atoms with E-state index >= 15 is 0 Å². The summed E-state index contributed by atoms with van der Waals surface area (Å²) in [6.07, 6.45) is 1.77. The van der Waals surface area contributed by atoms with Crippen LogP contribution in [0, 0.1) is 0 Å². The zero-order chi connectivity index (χ0) is 11.7. The number of nitrogens with one attached hydrogen (secondary N) is 1. The molecule has 17 heavy (non-hydrogen) atoms. The number of para-hydroxylation sites is 1. The molecule has 0 aliphatic carbocycles. The van der Waals surface area contributed by atoms with E-state index in [9.17, 15) is 0 Å². The molecule has 2 aromatic rings. The number of ether oxygens (including phenoxy) is 1. The van der Waals surface area contributed by atoms with Crippen molar-refractivity contribution in [2.45, 2.75) is 5.92 Å². The molecule has 4 heteroatoms. The molecule has 2 heterocycles. The van der Waals surface area contributed by atoms with Crippen molar-refractivity contribution in [1.82, 2.24) is 10.3 Å². The van der Waals surface area contributed by atoms with Crippen LogP contribution in [0.5, 0.6) is 5.75 Å². The minimum Gasteiger partial charge on any atom is -0.496 e. The third kappa shape index (κ3) is 1.80. The van der Waals surface area contributed by atoms with Crippen LogP contribution in [0.15, 0.2) is 34.9 Å². The van der Waals surface area contributed by atoms with Crippen LogP contribution >= 0.6 is 0 Å². The third-order valence-corrected chi connectivity index (χ3v) is 3.03. The second kappa shape index (κ2) is 4.22. The summed E-state index contributed by atoms with van der Waals surface area (Å²) in [7, 11) is 1.66. The van der Waals surface area contributed by atoms with E-state index in [1.807, 2.05) is 24.3 Å². The number of benzene rings is 1. The molecule has 0 spiro atoms. The van der Waals surface area contributed by atoms with Crippen LogP contribution in [-0.4, -0.2) is 25.2 Å². The van der Waals surface area contributed by atoms with Crippen LogP contribution in [0.25, 0.3) is 11.3 Å². The summed E-state index contributed by atoms with van der Waals surface area (Å²) >= 11 is 0. The molecule has 1 saturated heterocycles. The molecule has 4 nitrogen and oxygen atoms in total. The molecular weight excluding hydrogens is 216 g/mol. The first-order valence-electron chi connectivity index (χ1n) is 5.68. The van der Waals surface area contributed by atoms with Gasteiger partial charge in [-0.3, -0.25) is 0 Å². The van der Waals surface area contributed by atoms with Gasteiger partial charge in [0.05, 0.1) is 24.8 Å². The van der Waals surface area contributed by atoms with E-state index in [0.717, 1.165) is 36.1 Å². The minimum atomic E-state index is 0.415.